The number of benzene rings is 1. The minimum Gasteiger partial charge on any atom is -0.389 e. The molecule has 0 aliphatic heterocycles. The van der Waals surface area contributed by atoms with Gasteiger partial charge in [0, 0.05) is 37.2 Å². The molecule has 0 fully saturated rings. The number of amides is 1. The molecule has 0 aliphatic carbocycles. The first-order chi connectivity index (χ1) is 9.33. The maximum absolute atomic E-state index is 12.7. The number of rotatable bonds is 4. The molecule has 20 heavy (non-hydrogen) atoms. The third-order valence-electron chi connectivity index (χ3n) is 3.37. The molecule has 1 aromatic heterocycles. The van der Waals surface area contributed by atoms with Crippen LogP contribution in [0.1, 0.15) is 31.1 Å². The molecule has 0 atom stereocenters. The fourth-order valence-corrected chi connectivity index (χ4v) is 2.48. The van der Waals surface area contributed by atoms with Gasteiger partial charge in [0.1, 0.15) is 0 Å². The lowest BCUT2D eigenvalue weighted by Gasteiger charge is -2.28. The highest BCUT2D eigenvalue weighted by Crippen LogP contribution is 2.22. The Bertz CT molecular complexity index is 623. The number of aromatic nitrogens is 1. The average Bonchev–Trinajstić information content (AvgIpc) is 2.72. The highest BCUT2D eigenvalue weighted by molar-refractivity contribution is 6.07. The number of carbonyl (C=O) groups is 1. The van der Waals surface area contributed by atoms with Crippen LogP contribution in [0.4, 0.5) is 0 Å². The van der Waals surface area contributed by atoms with Gasteiger partial charge < -0.3 is 14.6 Å². The number of carbonyl (C=O) groups excluding carboxylic acids is 1. The summed E-state index contributed by atoms with van der Waals surface area (Å²) in [6, 6.07) is 7.86. The van der Waals surface area contributed by atoms with Crippen LogP contribution in [0, 0.1) is 0 Å². The van der Waals surface area contributed by atoms with Gasteiger partial charge in [-0.05, 0) is 26.8 Å². The smallest absolute Gasteiger partial charge is 0.256 e. The van der Waals surface area contributed by atoms with Crippen LogP contribution in [0.5, 0.6) is 0 Å². The summed E-state index contributed by atoms with van der Waals surface area (Å²) in [6.45, 7) is 6.25. The van der Waals surface area contributed by atoms with E-state index in [-0.39, 0.29) is 5.91 Å². The molecule has 0 saturated carbocycles. The van der Waals surface area contributed by atoms with Crippen LogP contribution in [-0.2, 0) is 7.05 Å². The first-order valence-corrected chi connectivity index (χ1v) is 6.89. The quantitative estimate of drug-likeness (QED) is 0.930. The number of nitrogens with zero attached hydrogens (tertiary/aromatic N) is 2. The van der Waals surface area contributed by atoms with Crippen molar-refractivity contribution >= 4 is 16.8 Å². The van der Waals surface area contributed by atoms with Crippen molar-refractivity contribution < 1.29 is 9.90 Å². The lowest BCUT2D eigenvalue weighted by atomic mass is 10.1. The van der Waals surface area contributed by atoms with Crippen molar-refractivity contribution in [3.8, 4) is 0 Å². The second kappa shape index (κ2) is 5.29. The van der Waals surface area contributed by atoms with E-state index < -0.39 is 5.60 Å². The summed E-state index contributed by atoms with van der Waals surface area (Å²) >= 11 is 0. The fourth-order valence-electron chi connectivity index (χ4n) is 2.48. The van der Waals surface area contributed by atoms with E-state index in [4.69, 9.17) is 0 Å². The van der Waals surface area contributed by atoms with E-state index in [1.54, 1.807) is 18.7 Å². The van der Waals surface area contributed by atoms with Crippen LogP contribution in [0.3, 0.4) is 0 Å². The van der Waals surface area contributed by atoms with Crippen LogP contribution < -0.4 is 0 Å². The number of likely N-dealkylation sites (N-methyl/N-ethyl adjacent to an activating group) is 1. The Morgan fingerprint density at radius 1 is 1.35 bits per heavy atom. The van der Waals surface area contributed by atoms with E-state index in [2.05, 4.69) is 0 Å². The first-order valence-electron chi connectivity index (χ1n) is 6.89. The highest BCUT2D eigenvalue weighted by atomic mass is 16.3. The Balaban J connectivity index is 2.40. The van der Waals surface area contributed by atoms with Crippen molar-refractivity contribution in [2.24, 2.45) is 7.05 Å². The number of hydrogen-bond acceptors (Lipinski definition) is 2. The van der Waals surface area contributed by atoms with Gasteiger partial charge in [-0.1, -0.05) is 18.2 Å². The standard InChI is InChI=1S/C16H22N2O2/c1-5-18(11-16(2,3)20)15(19)13-10-17(4)14-9-7-6-8-12(13)14/h6-10,20H,5,11H2,1-4H3. The zero-order valence-corrected chi connectivity index (χ0v) is 12.6. The lowest BCUT2D eigenvalue weighted by molar-refractivity contribution is 0.0315. The molecule has 1 aromatic carbocycles. The van der Waals surface area contributed by atoms with E-state index in [1.165, 1.54) is 0 Å². The second-order valence-corrected chi connectivity index (χ2v) is 5.80. The molecule has 0 aliphatic rings. The minimum atomic E-state index is -0.893. The summed E-state index contributed by atoms with van der Waals surface area (Å²) in [5, 5.41) is 10.9. The van der Waals surface area contributed by atoms with Crippen molar-refractivity contribution in [3.05, 3.63) is 36.0 Å². The maximum Gasteiger partial charge on any atom is 0.256 e. The number of fused-ring (bicyclic) bond motifs is 1. The van der Waals surface area contributed by atoms with Crippen molar-refractivity contribution in [1.29, 1.82) is 0 Å². The van der Waals surface area contributed by atoms with Crippen molar-refractivity contribution in [2.75, 3.05) is 13.1 Å². The van der Waals surface area contributed by atoms with Crippen LogP contribution in [0.15, 0.2) is 30.5 Å². The van der Waals surface area contributed by atoms with Crippen LogP contribution in [0.25, 0.3) is 10.9 Å². The van der Waals surface area contributed by atoms with Gasteiger partial charge in [0.15, 0.2) is 0 Å². The molecule has 0 saturated heterocycles. The van der Waals surface area contributed by atoms with E-state index in [1.807, 2.05) is 49.0 Å². The largest absolute Gasteiger partial charge is 0.389 e. The average molecular weight is 274 g/mol. The van der Waals surface area contributed by atoms with E-state index in [0.29, 0.717) is 18.7 Å². The summed E-state index contributed by atoms with van der Waals surface area (Å²) in [5.74, 6) is -0.0357. The zero-order valence-electron chi connectivity index (χ0n) is 12.6. The summed E-state index contributed by atoms with van der Waals surface area (Å²) in [5.41, 5.74) is 0.834. The van der Waals surface area contributed by atoms with Gasteiger partial charge in [-0.2, -0.15) is 0 Å². The molecule has 4 nitrogen and oxygen atoms in total. The fraction of sp³-hybridized carbons (Fsp3) is 0.438. The van der Waals surface area contributed by atoms with Gasteiger partial charge in [-0.3, -0.25) is 4.79 Å². The molecule has 2 aromatic rings. The molecular weight excluding hydrogens is 252 g/mol. The third kappa shape index (κ3) is 2.85. The predicted octanol–water partition coefficient (Wildman–Crippen LogP) is 2.41. The van der Waals surface area contributed by atoms with Gasteiger partial charge in [-0.25, -0.2) is 0 Å². The normalized spacial score (nSPS) is 11.8. The topological polar surface area (TPSA) is 45.5 Å². The van der Waals surface area contributed by atoms with E-state index in [9.17, 15) is 9.90 Å². The molecule has 0 radical (unpaired) electrons. The Morgan fingerprint density at radius 2 is 2.00 bits per heavy atom. The number of hydrogen-bond donors (Lipinski definition) is 1. The van der Waals surface area contributed by atoms with E-state index >= 15 is 0 Å². The molecule has 0 spiro atoms. The minimum absolute atomic E-state index is 0.0357. The molecule has 1 N–H and O–H groups in total. The molecule has 2 rings (SSSR count). The first kappa shape index (κ1) is 14.6. The second-order valence-electron chi connectivity index (χ2n) is 5.80. The number of para-hydroxylation sites is 1. The van der Waals surface area contributed by atoms with Gasteiger partial charge in [0.2, 0.25) is 0 Å². The molecule has 4 heteroatoms. The predicted molar refractivity (Wildman–Crippen MR) is 80.8 cm³/mol. The maximum atomic E-state index is 12.7. The van der Waals surface area contributed by atoms with Crippen molar-refractivity contribution in [2.45, 2.75) is 26.4 Å². The van der Waals surface area contributed by atoms with Crippen molar-refractivity contribution in [1.82, 2.24) is 9.47 Å². The van der Waals surface area contributed by atoms with Gasteiger partial charge in [0.25, 0.3) is 5.91 Å². The number of aliphatic hydroxyl groups is 1. The molecule has 1 amide bonds. The summed E-state index contributed by atoms with van der Waals surface area (Å²) in [7, 11) is 1.94. The highest BCUT2D eigenvalue weighted by Gasteiger charge is 2.24. The van der Waals surface area contributed by atoms with E-state index in [0.717, 1.165) is 10.9 Å². The van der Waals surface area contributed by atoms with Gasteiger partial charge in [-0.15, -0.1) is 0 Å². The third-order valence-corrected chi connectivity index (χ3v) is 3.37. The lowest BCUT2D eigenvalue weighted by Crippen LogP contribution is -2.42. The Kier molecular flexibility index (Phi) is 3.86. The molecule has 108 valence electrons. The zero-order chi connectivity index (χ0) is 14.9. The monoisotopic (exact) mass is 274 g/mol. The molecular formula is C16H22N2O2. The Labute approximate surface area is 119 Å². The summed E-state index contributed by atoms with van der Waals surface area (Å²) in [6.07, 6.45) is 1.86. The number of aryl methyl sites for hydroxylation is 1. The molecule has 0 unspecified atom stereocenters. The van der Waals surface area contributed by atoms with Gasteiger partial charge in [0.05, 0.1) is 11.2 Å². The van der Waals surface area contributed by atoms with Crippen molar-refractivity contribution in [3.63, 3.8) is 0 Å². The Hall–Kier alpha value is -1.81. The Morgan fingerprint density at radius 3 is 2.60 bits per heavy atom. The van der Waals surface area contributed by atoms with Crippen LogP contribution in [-0.4, -0.2) is 39.2 Å². The molecule has 1 heterocycles. The summed E-state index contributed by atoms with van der Waals surface area (Å²) < 4.78 is 1.96. The van der Waals surface area contributed by atoms with Crippen LogP contribution >= 0.6 is 0 Å². The summed E-state index contributed by atoms with van der Waals surface area (Å²) in [4.78, 5) is 14.4. The molecule has 0 bridgehead atoms. The SMILES string of the molecule is CCN(CC(C)(C)O)C(=O)c1cn(C)c2ccccc12. The van der Waals surface area contributed by atoms with Gasteiger partial charge >= 0.3 is 0 Å². The van der Waals surface area contributed by atoms with Crippen LogP contribution in [0.2, 0.25) is 0 Å².